The first-order chi connectivity index (χ1) is 8.26. The Kier molecular flexibility index (Phi) is 4.65. The number of rotatable bonds is 4. The molecule has 2 rings (SSSR count). The van der Waals surface area contributed by atoms with Crippen molar-refractivity contribution in [2.24, 2.45) is 0 Å². The molecular weight excluding hydrogens is 242 g/mol. The van der Waals surface area contributed by atoms with E-state index in [1.54, 1.807) is 0 Å². The van der Waals surface area contributed by atoms with Gasteiger partial charge in [0, 0.05) is 38.2 Å². The minimum absolute atomic E-state index is 0.239. The number of amides is 1. The first-order valence-electron chi connectivity index (χ1n) is 6.37. The number of piperidine rings is 1. The van der Waals surface area contributed by atoms with E-state index in [1.165, 1.54) is 0 Å². The molecule has 2 fully saturated rings. The number of carbonyl (C=O) groups is 1. The number of nitrogens with zero attached hydrogens (tertiary/aromatic N) is 1. The standard InChI is InChI=1S/C12H20ClNO3/c13-6-2-1-3-11(15)14-7-4-12(5-8-14)16-9-10-17-12/h1-10H2. The van der Waals surface area contributed by atoms with Crippen molar-refractivity contribution in [2.45, 2.75) is 37.9 Å². The zero-order valence-corrected chi connectivity index (χ0v) is 10.9. The number of alkyl halides is 1. The van der Waals surface area contributed by atoms with Gasteiger partial charge in [0.05, 0.1) is 13.2 Å². The minimum Gasteiger partial charge on any atom is -0.347 e. The van der Waals surface area contributed by atoms with Gasteiger partial charge in [-0.2, -0.15) is 0 Å². The molecule has 17 heavy (non-hydrogen) atoms. The van der Waals surface area contributed by atoms with E-state index < -0.39 is 0 Å². The van der Waals surface area contributed by atoms with Crippen molar-refractivity contribution in [1.29, 1.82) is 0 Å². The molecule has 0 N–H and O–H groups in total. The van der Waals surface area contributed by atoms with Gasteiger partial charge < -0.3 is 14.4 Å². The minimum atomic E-state index is -0.382. The van der Waals surface area contributed by atoms with Crippen molar-refractivity contribution in [2.75, 3.05) is 32.2 Å². The lowest BCUT2D eigenvalue weighted by Crippen LogP contribution is -2.47. The van der Waals surface area contributed by atoms with E-state index in [9.17, 15) is 4.79 Å². The van der Waals surface area contributed by atoms with Crippen LogP contribution in [0.3, 0.4) is 0 Å². The van der Waals surface area contributed by atoms with E-state index in [1.807, 2.05) is 4.90 Å². The molecule has 2 aliphatic heterocycles. The van der Waals surface area contributed by atoms with Crippen LogP contribution in [0, 0.1) is 0 Å². The van der Waals surface area contributed by atoms with Gasteiger partial charge in [0.1, 0.15) is 0 Å². The number of unbranched alkanes of at least 4 members (excludes halogenated alkanes) is 1. The van der Waals surface area contributed by atoms with E-state index in [0.29, 0.717) is 25.5 Å². The van der Waals surface area contributed by atoms with Gasteiger partial charge in [0.2, 0.25) is 5.91 Å². The average molecular weight is 262 g/mol. The fraction of sp³-hybridized carbons (Fsp3) is 0.917. The van der Waals surface area contributed by atoms with Gasteiger partial charge in [0.15, 0.2) is 5.79 Å². The van der Waals surface area contributed by atoms with Gasteiger partial charge in [-0.05, 0) is 12.8 Å². The third-order valence-corrected chi connectivity index (χ3v) is 3.73. The quantitative estimate of drug-likeness (QED) is 0.572. The lowest BCUT2D eigenvalue weighted by molar-refractivity contribution is -0.187. The van der Waals surface area contributed by atoms with Crippen molar-refractivity contribution in [3.63, 3.8) is 0 Å². The predicted molar refractivity (Wildman–Crippen MR) is 65.0 cm³/mol. The average Bonchev–Trinajstić information content (AvgIpc) is 2.79. The summed E-state index contributed by atoms with van der Waals surface area (Å²) < 4.78 is 11.3. The molecule has 1 spiro atoms. The van der Waals surface area contributed by atoms with Gasteiger partial charge in [0.25, 0.3) is 0 Å². The Morgan fingerprint density at radius 3 is 2.41 bits per heavy atom. The fourth-order valence-electron chi connectivity index (χ4n) is 2.41. The summed E-state index contributed by atoms with van der Waals surface area (Å²) in [5.41, 5.74) is 0. The molecule has 0 saturated carbocycles. The monoisotopic (exact) mass is 261 g/mol. The van der Waals surface area contributed by atoms with Crippen LogP contribution in [0.25, 0.3) is 0 Å². The van der Waals surface area contributed by atoms with E-state index in [0.717, 1.165) is 38.8 Å². The topological polar surface area (TPSA) is 38.8 Å². The molecule has 0 aromatic heterocycles. The third-order valence-electron chi connectivity index (χ3n) is 3.47. The van der Waals surface area contributed by atoms with E-state index in [4.69, 9.17) is 21.1 Å². The summed E-state index contributed by atoms with van der Waals surface area (Å²) in [6.45, 7) is 2.87. The van der Waals surface area contributed by atoms with Crippen LogP contribution in [-0.2, 0) is 14.3 Å². The maximum absolute atomic E-state index is 11.9. The SMILES string of the molecule is O=C(CCCCCl)N1CCC2(CC1)OCCO2. The zero-order valence-electron chi connectivity index (χ0n) is 10.1. The Labute approximate surface area is 107 Å². The highest BCUT2D eigenvalue weighted by Gasteiger charge is 2.40. The molecule has 0 unspecified atom stereocenters. The smallest absolute Gasteiger partial charge is 0.222 e. The molecule has 0 atom stereocenters. The molecule has 0 aromatic rings. The number of halogens is 1. The zero-order chi connectivity index (χ0) is 12.1. The lowest BCUT2D eigenvalue weighted by Gasteiger charge is -2.37. The predicted octanol–water partition coefficient (Wildman–Crippen LogP) is 1.76. The maximum Gasteiger partial charge on any atom is 0.222 e. The molecule has 2 saturated heterocycles. The first-order valence-corrected chi connectivity index (χ1v) is 6.91. The highest BCUT2D eigenvalue weighted by molar-refractivity contribution is 6.17. The van der Waals surface area contributed by atoms with Crippen molar-refractivity contribution in [1.82, 2.24) is 4.90 Å². The molecule has 1 amide bonds. The van der Waals surface area contributed by atoms with E-state index >= 15 is 0 Å². The van der Waals surface area contributed by atoms with E-state index in [2.05, 4.69) is 0 Å². The van der Waals surface area contributed by atoms with Crippen LogP contribution in [0.5, 0.6) is 0 Å². The normalized spacial score (nSPS) is 23.2. The summed E-state index contributed by atoms with van der Waals surface area (Å²) in [6, 6.07) is 0. The van der Waals surface area contributed by atoms with Crippen molar-refractivity contribution >= 4 is 17.5 Å². The second-order valence-electron chi connectivity index (χ2n) is 4.63. The van der Waals surface area contributed by atoms with E-state index in [-0.39, 0.29) is 11.7 Å². The molecule has 4 nitrogen and oxygen atoms in total. The van der Waals surface area contributed by atoms with Crippen LogP contribution in [-0.4, -0.2) is 48.8 Å². The Hall–Kier alpha value is -0.320. The van der Waals surface area contributed by atoms with Crippen molar-refractivity contribution in [3.8, 4) is 0 Å². The largest absolute Gasteiger partial charge is 0.347 e. The van der Waals surface area contributed by atoms with Crippen LogP contribution in [0.1, 0.15) is 32.1 Å². The molecule has 0 aliphatic carbocycles. The number of likely N-dealkylation sites (tertiary alicyclic amines) is 1. The lowest BCUT2D eigenvalue weighted by atomic mass is 10.0. The Balaban J connectivity index is 1.72. The summed E-state index contributed by atoms with van der Waals surface area (Å²) in [6.07, 6.45) is 4.01. The molecule has 0 bridgehead atoms. The molecule has 2 aliphatic rings. The summed E-state index contributed by atoms with van der Waals surface area (Å²) in [5, 5.41) is 0. The summed E-state index contributed by atoms with van der Waals surface area (Å²) >= 11 is 5.59. The van der Waals surface area contributed by atoms with Crippen molar-refractivity contribution < 1.29 is 14.3 Å². The molecule has 5 heteroatoms. The summed E-state index contributed by atoms with van der Waals surface area (Å²) in [4.78, 5) is 13.8. The van der Waals surface area contributed by atoms with Crippen molar-refractivity contribution in [3.05, 3.63) is 0 Å². The second-order valence-corrected chi connectivity index (χ2v) is 5.01. The van der Waals surface area contributed by atoms with Gasteiger partial charge in [-0.25, -0.2) is 0 Å². The number of ether oxygens (including phenoxy) is 2. The molecule has 98 valence electrons. The van der Waals surface area contributed by atoms with Crippen LogP contribution < -0.4 is 0 Å². The Bertz CT molecular complexity index is 256. The number of hydrogen-bond donors (Lipinski definition) is 0. The fourth-order valence-corrected chi connectivity index (χ4v) is 2.60. The van der Waals surface area contributed by atoms with Gasteiger partial charge in [-0.1, -0.05) is 0 Å². The van der Waals surface area contributed by atoms with Gasteiger partial charge in [-0.15, -0.1) is 11.6 Å². The highest BCUT2D eigenvalue weighted by atomic mass is 35.5. The second kappa shape index (κ2) is 6.03. The number of carbonyl (C=O) groups excluding carboxylic acids is 1. The number of hydrogen-bond acceptors (Lipinski definition) is 3. The summed E-state index contributed by atoms with van der Waals surface area (Å²) in [5.74, 6) is 0.494. The van der Waals surface area contributed by atoms with Crippen LogP contribution in [0.2, 0.25) is 0 Å². The molecule has 0 radical (unpaired) electrons. The van der Waals surface area contributed by atoms with Crippen LogP contribution >= 0.6 is 11.6 Å². The van der Waals surface area contributed by atoms with Crippen LogP contribution in [0.4, 0.5) is 0 Å². The maximum atomic E-state index is 11.9. The Morgan fingerprint density at radius 1 is 1.18 bits per heavy atom. The van der Waals surface area contributed by atoms with Gasteiger partial charge in [-0.3, -0.25) is 4.79 Å². The Morgan fingerprint density at radius 2 is 1.82 bits per heavy atom. The van der Waals surface area contributed by atoms with Gasteiger partial charge >= 0.3 is 0 Å². The molecular formula is C12H20ClNO3. The summed E-state index contributed by atoms with van der Waals surface area (Å²) in [7, 11) is 0. The third kappa shape index (κ3) is 3.33. The molecule has 2 heterocycles. The highest BCUT2D eigenvalue weighted by Crippen LogP contribution is 2.31. The molecule has 0 aromatic carbocycles. The van der Waals surface area contributed by atoms with Crippen LogP contribution in [0.15, 0.2) is 0 Å². The first kappa shape index (κ1) is 13.1.